The molecule has 1 aromatic rings. The molecule has 4 rings (SSSR count). The van der Waals surface area contributed by atoms with E-state index in [4.69, 9.17) is 4.74 Å². The number of carbonyl (C=O) groups is 2. The van der Waals surface area contributed by atoms with E-state index in [9.17, 15) is 18.0 Å². The summed E-state index contributed by atoms with van der Waals surface area (Å²) >= 11 is 0. The molecule has 2 aliphatic heterocycles. The van der Waals surface area contributed by atoms with Gasteiger partial charge >= 0.3 is 0 Å². The lowest BCUT2D eigenvalue weighted by Crippen LogP contribution is -2.48. The van der Waals surface area contributed by atoms with Crippen molar-refractivity contribution in [1.82, 2.24) is 14.1 Å². The summed E-state index contributed by atoms with van der Waals surface area (Å²) in [6.07, 6.45) is 4.52. The number of piperazine rings is 1. The van der Waals surface area contributed by atoms with E-state index in [2.05, 4.69) is 11.8 Å². The number of nitrogens with zero attached hydrogens (tertiary/aromatic N) is 3. The van der Waals surface area contributed by atoms with E-state index in [1.54, 1.807) is 18.2 Å². The molecule has 0 radical (unpaired) electrons. The van der Waals surface area contributed by atoms with Gasteiger partial charge in [-0.25, -0.2) is 8.42 Å². The lowest BCUT2D eigenvalue weighted by molar-refractivity contribution is -0.140. The van der Waals surface area contributed by atoms with E-state index in [-0.39, 0.29) is 40.8 Å². The molecule has 1 saturated carbocycles. The van der Waals surface area contributed by atoms with Crippen molar-refractivity contribution in [3.05, 3.63) is 23.8 Å². The molecule has 1 aliphatic carbocycles. The normalized spacial score (nSPS) is 25.2. The number of hydrogen-bond acceptors (Lipinski definition) is 6. The van der Waals surface area contributed by atoms with Crippen molar-refractivity contribution in [2.24, 2.45) is 11.8 Å². The number of sulfonamides is 1. The quantitative estimate of drug-likeness (QED) is 0.576. The zero-order valence-corrected chi connectivity index (χ0v) is 19.8. The second-order valence-corrected chi connectivity index (χ2v) is 10.9. The van der Waals surface area contributed by atoms with Crippen LogP contribution in [0.3, 0.4) is 0 Å². The topological polar surface area (TPSA) is 87.2 Å². The van der Waals surface area contributed by atoms with Crippen molar-refractivity contribution in [3.8, 4) is 5.75 Å². The summed E-state index contributed by atoms with van der Waals surface area (Å²) in [4.78, 5) is 29.4. The van der Waals surface area contributed by atoms with Gasteiger partial charge in [-0.1, -0.05) is 25.8 Å². The highest BCUT2D eigenvalue weighted by Gasteiger charge is 2.48. The van der Waals surface area contributed by atoms with Crippen LogP contribution in [-0.2, 0) is 26.2 Å². The van der Waals surface area contributed by atoms with Crippen molar-refractivity contribution in [2.45, 2.75) is 50.5 Å². The highest BCUT2D eigenvalue weighted by Crippen LogP contribution is 2.39. The van der Waals surface area contributed by atoms with Crippen molar-refractivity contribution in [3.63, 3.8) is 0 Å². The van der Waals surface area contributed by atoms with E-state index in [0.717, 1.165) is 38.6 Å². The van der Waals surface area contributed by atoms with Crippen LogP contribution in [0.25, 0.3) is 0 Å². The van der Waals surface area contributed by atoms with E-state index >= 15 is 0 Å². The van der Waals surface area contributed by atoms with Crippen LogP contribution in [-0.4, -0.2) is 74.2 Å². The summed E-state index contributed by atoms with van der Waals surface area (Å²) in [6.45, 7) is 5.45. The number of amides is 2. The SMILES string of the molecule is CCCN1CCN(S(=O)(=O)c2cc(CN3C(=O)[C@H]4CCCC[C@@H]4C3=O)ccc2OC)CC1. The highest BCUT2D eigenvalue weighted by molar-refractivity contribution is 7.89. The maximum Gasteiger partial charge on any atom is 0.246 e. The molecule has 0 aromatic heterocycles. The average Bonchev–Trinajstić information content (AvgIpc) is 3.04. The minimum absolute atomic E-state index is 0.0953. The first-order chi connectivity index (χ1) is 15.4. The Labute approximate surface area is 190 Å². The van der Waals surface area contributed by atoms with Crippen LogP contribution in [0.15, 0.2) is 23.1 Å². The second-order valence-electron chi connectivity index (χ2n) is 8.99. The molecule has 2 amide bonds. The molecule has 32 heavy (non-hydrogen) atoms. The molecule has 0 N–H and O–H groups in total. The lowest BCUT2D eigenvalue weighted by atomic mass is 9.81. The highest BCUT2D eigenvalue weighted by atomic mass is 32.2. The fourth-order valence-corrected chi connectivity index (χ4v) is 6.87. The molecule has 0 unspecified atom stereocenters. The van der Waals surface area contributed by atoms with Gasteiger partial charge < -0.3 is 9.64 Å². The first-order valence-electron chi connectivity index (χ1n) is 11.6. The van der Waals surface area contributed by atoms with E-state index in [1.165, 1.54) is 16.3 Å². The molecule has 1 aromatic carbocycles. The second kappa shape index (κ2) is 9.49. The number of hydrogen-bond donors (Lipinski definition) is 0. The van der Waals surface area contributed by atoms with Crippen LogP contribution < -0.4 is 4.74 Å². The van der Waals surface area contributed by atoms with Gasteiger partial charge in [0, 0.05) is 26.2 Å². The first kappa shape index (κ1) is 23.2. The van der Waals surface area contributed by atoms with Crippen LogP contribution in [0.1, 0.15) is 44.6 Å². The number of benzene rings is 1. The Morgan fingerprint density at radius 2 is 1.62 bits per heavy atom. The molecule has 0 bridgehead atoms. The molecule has 0 spiro atoms. The number of methoxy groups -OCH3 is 1. The Morgan fingerprint density at radius 1 is 1.00 bits per heavy atom. The summed E-state index contributed by atoms with van der Waals surface area (Å²) in [5.41, 5.74) is 0.620. The molecule has 3 fully saturated rings. The van der Waals surface area contributed by atoms with Crippen LogP contribution in [0, 0.1) is 11.8 Å². The maximum atomic E-state index is 13.4. The predicted octanol–water partition coefficient (Wildman–Crippen LogP) is 2.09. The Kier molecular flexibility index (Phi) is 6.88. The maximum absolute atomic E-state index is 13.4. The van der Waals surface area contributed by atoms with Gasteiger partial charge in [0.05, 0.1) is 25.5 Å². The van der Waals surface area contributed by atoms with Gasteiger partial charge in [0.25, 0.3) is 0 Å². The summed E-state index contributed by atoms with van der Waals surface area (Å²) in [6, 6.07) is 4.92. The molecular formula is C23H33N3O5S. The molecule has 2 atom stereocenters. The number of imide groups is 1. The molecule has 2 saturated heterocycles. The van der Waals surface area contributed by atoms with Gasteiger partial charge in [-0.05, 0) is 43.5 Å². The Hall–Kier alpha value is -1.97. The zero-order valence-electron chi connectivity index (χ0n) is 19.0. The van der Waals surface area contributed by atoms with Crippen LogP contribution >= 0.6 is 0 Å². The smallest absolute Gasteiger partial charge is 0.246 e. The van der Waals surface area contributed by atoms with E-state index < -0.39 is 10.0 Å². The predicted molar refractivity (Wildman–Crippen MR) is 119 cm³/mol. The van der Waals surface area contributed by atoms with Gasteiger partial charge in [0.2, 0.25) is 21.8 Å². The van der Waals surface area contributed by atoms with Crippen molar-refractivity contribution >= 4 is 21.8 Å². The number of ether oxygens (including phenoxy) is 1. The zero-order chi connectivity index (χ0) is 22.9. The Morgan fingerprint density at radius 3 is 2.19 bits per heavy atom. The standard InChI is InChI=1S/C23H33N3O5S/c1-3-10-24-11-13-25(14-12-24)32(29,30)21-15-17(8-9-20(21)31-2)16-26-22(27)18-6-4-5-7-19(18)23(26)28/h8-9,15,18-19H,3-7,10-14,16H2,1-2H3/t18-,19-/m0/s1. The molecule has 9 heteroatoms. The lowest BCUT2D eigenvalue weighted by Gasteiger charge is -2.34. The minimum atomic E-state index is -3.75. The van der Waals surface area contributed by atoms with Crippen LogP contribution in [0.5, 0.6) is 5.75 Å². The van der Waals surface area contributed by atoms with Gasteiger partial charge in [0.1, 0.15) is 10.6 Å². The number of rotatable bonds is 7. The monoisotopic (exact) mass is 463 g/mol. The molecule has 3 aliphatic rings. The molecule has 2 heterocycles. The van der Waals surface area contributed by atoms with Gasteiger partial charge in [0.15, 0.2) is 0 Å². The van der Waals surface area contributed by atoms with Crippen LogP contribution in [0.4, 0.5) is 0 Å². The third kappa shape index (κ3) is 4.30. The summed E-state index contributed by atoms with van der Waals surface area (Å²) in [5.74, 6) is -0.384. The summed E-state index contributed by atoms with van der Waals surface area (Å²) in [5, 5.41) is 0. The van der Waals surface area contributed by atoms with E-state index in [1.807, 2.05) is 0 Å². The number of likely N-dealkylation sites (tertiary alicyclic amines) is 1. The Balaban J connectivity index is 1.55. The van der Waals surface area contributed by atoms with Gasteiger partial charge in [-0.2, -0.15) is 4.31 Å². The van der Waals surface area contributed by atoms with Gasteiger partial charge in [-0.3, -0.25) is 14.5 Å². The number of fused-ring (bicyclic) bond motifs is 1. The van der Waals surface area contributed by atoms with Crippen molar-refractivity contribution in [2.75, 3.05) is 39.8 Å². The Bertz CT molecular complexity index is 948. The molecule has 8 nitrogen and oxygen atoms in total. The summed E-state index contributed by atoms with van der Waals surface area (Å²) < 4.78 is 33.7. The summed E-state index contributed by atoms with van der Waals surface area (Å²) in [7, 11) is -2.30. The number of carbonyl (C=O) groups excluding carboxylic acids is 2. The average molecular weight is 464 g/mol. The fourth-order valence-electron chi connectivity index (χ4n) is 5.24. The van der Waals surface area contributed by atoms with Gasteiger partial charge in [-0.15, -0.1) is 0 Å². The molecule has 176 valence electrons. The van der Waals surface area contributed by atoms with E-state index in [0.29, 0.717) is 31.7 Å². The fraction of sp³-hybridized carbons (Fsp3) is 0.652. The first-order valence-corrected chi connectivity index (χ1v) is 13.1. The third-order valence-corrected chi connectivity index (χ3v) is 8.91. The molecular weight excluding hydrogens is 430 g/mol. The van der Waals surface area contributed by atoms with Crippen molar-refractivity contribution < 1.29 is 22.7 Å². The minimum Gasteiger partial charge on any atom is -0.495 e. The van der Waals surface area contributed by atoms with Crippen molar-refractivity contribution in [1.29, 1.82) is 0 Å². The largest absolute Gasteiger partial charge is 0.495 e. The van der Waals surface area contributed by atoms with Crippen LogP contribution in [0.2, 0.25) is 0 Å². The third-order valence-electron chi connectivity index (χ3n) is 6.99.